The Balaban J connectivity index is 2.92. The Hall–Kier alpha value is -2.10. The molecular formula is C11H9NO3. The van der Waals surface area contributed by atoms with E-state index in [1.807, 2.05) is 13.0 Å². The lowest BCUT2D eigenvalue weighted by molar-refractivity contribution is 0.0699. The summed E-state index contributed by atoms with van der Waals surface area (Å²) in [5, 5.41) is 9.47. The van der Waals surface area contributed by atoms with Gasteiger partial charge in [-0.1, -0.05) is 12.1 Å². The molecule has 76 valence electrons. The van der Waals surface area contributed by atoms with Crippen LogP contribution in [0.25, 0.3) is 10.9 Å². The summed E-state index contributed by atoms with van der Waals surface area (Å²) in [6, 6.07) is 6.36. The minimum Gasteiger partial charge on any atom is -0.478 e. The van der Waals surface area contributed by atoms with Crippen molar-refractivity contribution in [2.45, 2.75) is 6.92 Å². The second-order valence-electron chi connectivity index (χ2n) is 3.40. The van der Waals surface area contributed by atoms with Crippen LogP contribution in [-0.4, -0.2) is 16.1 Å². The molecule has 0 fully saturated rings. The zero-order valence-corrected chi connectivity index (χ0v) is 8.07. The predicted molar refractivity (Wildman–Crippen MR) is 56.3 cm³/mol. The molecule has 4 nitrogen and oxygen atoms in total. The zero-order chi connectivity index (χ0) is 11.0. The van der Waals surface area contributed by atoms with Crippen molar-refractivity contribution in [3.63, 3.8) is 0 Å². The fraction of sp³-hybridized carbons (Fsp3) is 0.0909. The van der Waals surface area contributed by atoms with Crippen molar-refractivity contribution in [3.05, 3.63) is 45.7 Å². The molecule has 1 aromatic heterocycles. The zero-order valence-electron chi connectivity index (χ0n) is 8.07. The van der Waals surface area contributed by atoms with Crippen LogP contribution in [0.4, 0.5) is 0 Å². The maximum Gasteiger partial charge on any atom is 0.336 e. The summed E-state index contributed by atoms with van der Waals surface area (Å²) in [5.74, 6) is -1.09. The van der Waals surface area contributed by atoms with Gasteiger partial charge in [0.15, 0.2) is 0 Å². The highest BCUT2D eigenvalue weighted by Gasteiger charge is 2.09. The molecule has 0 aliphatic heterocycles. The number of aromatic carboxylic acids is 1. The van der Waals surface area contributed by atoms with E-state index in [1.54, 1.807) is 12.1 Å². The number of rotatable bonds is 1. The largest absolute Gasteiger partial charge is 0.478 e. The van der Waals surface area contributed by atoms with Gasteiger partial charge in [-0.15, -0.1) is 0 Å². The van der Waals surface area contributed by atoms with E-state index in [0.717, 1.165) is 11.6 Å². The fourth-order valence-electron chi connectivity index (χ4n) is 1.55. The number of carbonyl (C=O) groups is 1. The maximum atomic E-state index is 11.2. The number of aromatic amines is 1. The molecule has 0 radical (unpaired) electrons. The lowest BCUT2D eigenvalue weighted by Gasteiger charge is -2.02. The van der Waals surface area contributed by atoms with Crippen LogP contribution >= 0.6 is 0 Å². The monoisotopic (exact) mass is 203 g/mol. The van der Waals surface area contributed by atoms with Crippen molar-refractivity contribution in [1.29, 1.82) is 0 Å². The number of H-pyrrole nitrogens is 1. The molecule has 0 unspecified atom stereocenters. The summed E-state index contributed by atoms with van der Waals surface area (Å²) in [6.07, 6.45) is 0. The molecule has 0 atom stereocenters. The molecular weight excluding hydrogens is 194 g/mol. The Morgan fingerprint density at radius 3 is 2.73 bits per heavy atom. The number of hydrogen-bond acceptors (Lipinski definition) is 2. The van der Waals surface area contributed by atoms with Crippen molar-refractivity contribution in [1.82, 2.24) is 4.98 Å². The molecule has 0 spiro atoms. The van der Waals surface area contributed by atoms with Gasteiger partial charge in [0.05, 0.1) is 5.56 Å². The van der Waals surface area contributed by atoms with Crippen molar-refractivity contribution in [2.24, 2.45) is 0 Å². The number of carboxylic acid groups (broad SMARTS) is 1. The topological polar surface area (TPSA) is 70.2 Å². The van der Waals surface area contributed by atoms with Crippen LogP contribution in [0.5, 0.6) is 0 Å². The summed E-state index contributed by atoms with van der Waals surface area (Å²) >= 11 is 0. The van der Waals surface area contributed by atoms with Crippen molar-refractivity contribution >= 4 is 16.9 Å². The Bertz CT molecular complexity index is 598. The van der Waals surface area contributed by atoms with E-state index in [9.17, 15) is 9.59 Å². The Morgan fingerprint density at radius 1 is 1.33 bits per heavy atom. The van der Waals surface area contributed by atoms with Crippen LogP contribution in [0.3, 0.4) is 0 Å². The smallest absolute Gasteiger partial charge is 0.336 e. The van der Waals surface area contributed by atoms with E-state index in [4.69, 9.17) is 5.11 Å². The molecule has 2 aromatic rings. The molecule has 0 aliphatic rings. The van der Waals surface area contributed by atoms with Gasteiger partial charge in [-0.2, -0.15) is 0 Å². The SMILES string of the molecule is Cc1ccc2c(C(=O)O)cc(=O)[nH]c2c1. The molecule has 15 heavy (non-hydrogen) atoms. The number of hydrogen-bond donors (Lipinski definition) is 2. The predicted octanol–water partition coefficient (Wildman–Crippen LogP) is 1.53. The van der Waals surface area contributed by atoms with Crippen LogP contribution in [0.1, 0.15) is 15.9 Å². The second-order valence-corrected chi connectivity index (χ2v) is 3.40. The van der Waals surface area contributed by atoms with Gasteiger partial charge in [0, 0.05) is 17.0 Å². The van der Waals surface area contributed by atoms with E-state index >= 15 is 0 Å². The number of nitrogens with one attached hydrogen (secondary N) is 1. The van der Waals surface area contributed by atoms with Gasteiger partial charge in [0.1, 0.15) is 0 Å². The molecule has 0 aliphatic carbocycles. The number of benzene rings is 1. The van der Waals surface area contributed by atoms with Crippen LogP contribution in [0.2, 0.25) is 0 Å². The maximum absolute atomic E-state index is 11.2. The minimum absolute atomic E-state index is 0.0359. The third kappa shape index (κ3) is 1.61. The molecule has 0 saturated carbocycles. The van der Waals surface area contributed by atoms with Gasteiger partial charge in [-0.3, -0.25) is 4.79 Å². The van der Waals surface area contributed by atoms with E-state index in [1.165, 1.54) is 0 Å². The lowest BCUT2D eigenvalue weighted by atomic mass is 10.1. The number of carboxylic acids is 1. The summed E-state index contributed by atoms with van der Waals surface area (Å²) in [5.41, 5.74) is 1.17. The van der Waals surface area contributed by atoms with Gasteiger partial charge in [-0.25, -0.2) is 4.79 Å². The minimum atomic E-state index is -1.09. The quantitative estimate of drug-likeness (QED) is 0.738. The molecule has 0 amide bonds. The van der Waals surface area contributed by atoms with Gasteiger partial charge in [0.25, 0.3) is 0 Å². The molecule has 2 rings (SSSR count). The average molecular weight is 203 g/mol. The number of pyridine rings is 1. The Morgan fingerprint density at radius 2 is 2.07 bits per heavy atom. The van der Waals surface area contributed by atoms with Crippen LogP contribution in [-0.2, 0) is 0 Å². The van der Waals surface area contributed by atoms with Crippen molar-refractivity contribution in [3.8, 4) is 0 Å². The first-order chi connectivity index (χ1) is 7.08. The Kier molecular flexibility index (Phi) is 2.04. The molecule has 1 heterocycles. The highest BCUT2D eigenvalue weighted by Crippen LogP contribution is 2.16. The van der Waals surface area contributed by atoms with Gasteiger partial charge in [-0.05, 0) is 18.6 Å². The van der Waals surface area contributed by atoms with Crippen LogP contribution in [0, 0.1) is 6.92 Å². The molecule has 1 aromatic carbocycles. The van der Waals surface area contributed by atoms with E-state index in [2.05, 4.69) is 4.98 Å². The average Bonchev–Trinajstić information content (AvgIpc) is 2.15. The highest BCUT2D eigenvalue weighted by atomic mass is 16.4. The van der Waals surface area contributed by atoms with Gasteiger partial charge < -0.3 is 10.1 Å². The first-order valence-corrected chi connectivity index (χ1v) is 4.45. The molecule has 4 heteroatoms. The highest BCUT2D eigenvalue weighted by molar-refractivity contribution is 6.02. The first kappa shape index (κ1) is 9.45. The summed E-state index contributed by atoms with van der Waals surface area (Å²) < 4.78 is 0. The van der Waals surface area contributed by atoms with Crippen LogP contribution < -0.4 is 5.56 Å². The third-order valence-corrected chi connectivity index (χ3v) is 2.23. The number of aryl methyl sites for hydroxylation is 1. The standard InChI is InChI=1S/C11H9NO3/c1-6-2-3-7-8(11(14)15)5-10(13)12-9(7)4-6/h2-5H,1H3,(H,12,13)(H,14,15). The van der Waals surface area contributed by atoms with Gasteiger partial charge in [0.2, 0.25) is 5.56 Å². The van der Waals surface area contributed by atoms with Crippen molar-refractivity contribution in [2.75, 3.05) is 0 Å². The first-order valence-electron chi connectivity index (χ1n) is 4.45. The molecule has 2 N–H and O–H groups in total. The number of aromatic nitrogens is 1. The van der Waals surface area contributed by atoms with Crippen LogP contribution in [0.15, 0.2) is 29.1 Å². The van der Waals surface area contributed by atoms with E-state index in [-0.39, 0.29) is 5.56 Å². The summed E-state index contributed by atoms with van der Waals surface area (Å²) in [4.78, 5) is 24.7. The molecule has 0 saturated heterocycles. The van der Waals surface area contributed by atoms with Gasteiger partial charge >= 0.3 is 5.97 Å². The van der Waals surface area contributed by atoms with E-state index in [0.29, 0.717) is 10.9 Å². The molecule has 0 bridgehead atoms. The normalized spacial score (nSPS) is 10.5. The van der Waals surface area contributed by atoms with Crippen molar-refractivity contribution < 1.29 is 9.90 Å². The lowest BCUT2D eigenvalue weighted by Crippen LogP contribution is -2.10. The van der Waals surface area contributed by atoms with E-state index < -0.39 is 11.5 Å². The summed E-state index contributed by atoms with van der Waals surface area (Å²) in [7, 11) is 0. The summed E-state index contributed by atoms with van der Waals surface area (Å²) in [6.45, 7) is 1.88. The second kappa shape index (κ2) is 3.24. The number of fused-ring (bicyclic) bond motifs is 1. The Labute approximate surface area is 85.2 Å². The third-order valence-electron chi connectivity index (χ3n) is 2.23. The fourth-order valence-corrected chi connectivity index (χ4v) is 1.55.